The van der Waals surface area contributed by atoms with E-state index in [9.17, 15) is 9.90 Å². The average molecular weight is 379 g/mol. The summed E-state index contributed by atoms with van der Waals surface area (Å²) < 4.78 is 6.07. The van der Waals surface area contributed by atoms with Crippen molar-refractivity contribution in [2.45, 2.75) is 56.8 Å². The van der Waals surface area contributed by atoms with Crippen LogP contribution in [-0.4, -0.2) is 46.7 Å². The van der Waals surface area contributed by atoms with E-state index < -0.39 is 11.6 Å². The Bertz CT molecular complexity index is 706. The van der Waals surface area contributed by atoms with E-state index in [0.29, 0.717) is 35.6 Å². The van der Waals surface area contributed by atoms with Crippen LogP contribution in [0.1, 0.15) is 37.7 Å². The second-order valence-electron chi connectivity index (χ2n) is 8.37. The Morgan fingerprint density at radius 1 is 1.31 bits per heavy atom. The molecule has 142 valence electrons. The van der Waals surface area contributed by atoms with Gasteiger partial charge < -0.3 is 20.5 Å². The number of hydrogen-bond donors (Lipinski definition) is 2. The zero-order valence-electron chi connectivity index (χ0n) is 15.2. The van der Waals surface area contributed by atoms with E-state index in [1.165, 1.54) is 0 Å². The van der Waals surface area contributed by atoms with Crippen LogP contribution in [0.25, 0.3) is 0 Å². The monoisotopic (exact) mass is 378 g/mol. The van der Waals surface area contributed by atoms with Crippen molar-refractivity contribution in [3.8, 4) is 5.75 Å². The number of amides is 1. The Hall–Kier alpha value is -1.30. The molecule has 0 unspecified atom stereocenters. The molecule has 6 heteroatoms. The van der Waals surface area contributed by atoms with Crippen LogP contribution in [0.5, 0.6) is 5.75 Å². The highest BCUT2D eigenvalue weighted by Gasteiger charge is 2.49. The van der Waals surface area contributed by atoms with Gasteiger partial charge in [-0.25, -0.2) is 0 Å². The van der Waals surface area contributed by atoms with Crippen LogP contribution >= 0.6 is 11.6 Å². The van der Waals surface area contributed by atoms with Crippen molar-refractivity contribution < 1.29 is 14.6 Å². The van der Waals surface area contributed by atoms with Crippen LogP contribution in [0, 0.1) is 18.8 Å². The number of carbonyl (C=O) groups is 1. The number of aryl methyl sites for hydroxylation is 1. The normalized spacial score (nSPS) is 32.7. The van der Waals surface area contributed by atoms with Gasteiger partial charge in [0.25, 0.3) is 0 Å². The summed E-state index contributed by atoms with van der Waals surface area (Å²) in [5, 5.41) is 11.1. The van der Waals surface area contributed by atoms with Crippen LogP contribution in [0.2, 0.25) is 5.02 Å². The first-order chi connectivity index (χ1) is 12.4. The smallest absolute Gasteiger partial charge is 0.242 e. The molecule has 1 saturated heterocycles. The third kappa shape index (κ3) is 3.21. The lowest BCUT2D eigenvalue weighted by Crippen LogP contribution is -2.59. The molecule has 3 aliphatic rings. The van der Waals surface area contributed by atoms with Crippen LogP contribution in [0.15, 0.2) is 18.2 Å². The number of ether oxygens (including phenoxy) is 1. The number of rotatable bonds is 3. The number of carbonyl (C=O) groups excluding carboxylic acids is 1. The third-order valence-electron chi connectivity index (χ3n) is 6.41. The highest BCUT2D eigenvalue weighted by Crippen LogP contribution is 2.41. The van der Waals surface area contributed by atoms with Crippen molar-refractivity contribution in [3.63, 3.8) is 0 Å². The Balaban J connectivity index is 1.43. The molecule has 1 heterocycles. The van der Waals surface area contributed by atoms with E-state index in [1.807, 2.05) is 30.0 Å². The first-order valence-corrected chi connectivity index (χ1v) is 9.93. The Labute approximate surface area is 159 Å². The second kappa shape index (κ2) is 6.70. The van der Waals surface area contributed by atoms with Gasteiger partial charge in [-0.3, -0.25) is 4.79 Å². The number of halogens is 1. The number of hydrogen-bond acceptors (Lipinski definition) is 4. The topological polar surface area (TPSA) is 75.8 Å². The van der Waals surface area contributed by atoms with Gasteiger partial charge in [-0.15, -0.1) is 0 Å². The fourth-order valence-electron chi connectivity index (χ4n) is 4.63. The number of aliphatic hydroxyl groups excluding tert-OH is 1. The number of benzene rings is 1. The van der Waals surface area contributed by atoms with Crippen molar-refractivity contribution in [1.82, 2.24) is 4.90 Å². The minimum atomic E-state index is -0.642. The molecule has 4 rings (SSSR count). The van der Waals surface area contributed by atoms with Crippen molar-refractivity contribution in [2.24, 2.45) is 17.6 Å². The standard InChI is InChI=1S/C20H27ClN2O3/c1-12-3-4-15(21)17(7-12)26-18-9-14-11-23(10-13(14)8-16(18)24)19(25)20(22)5-2-6-20/h3-4,7,13-14,16,18,24H,2,5-6,8-11,22H2,1H3/t13-,14+,16+,18+/m0/s1. The molecule has 0 aromatic heterocycles. The van der Waals surface area contributed by atoms with E-state index >= 15 is 0 Å². The number of fused-ring (bicyclic) bond motifs is 1. The van der Waals surface area contributed by atoms with E-state index in [1.54, 1.807) is 0 Å². The van der Waals surface area contributed by atoms with Gasteiger partial charge in [-0.1, -0.05) is 17.7 Å². The third-order valence-corrected chi connectivity index (χ3v) is 6.72. The summed E-state index contributed by atoms with van der Waals surface area (Å²) in [6.07, 6.45) is 3.17. The molecular formula is C20H27ClN2O3. The van der Waals surface area contributed by atoms with Gasteiger partial charge in [0.2, 0.25) is 5.91 Å². The molecule has 0 radical (unpaired) electrons. The Morgan fingerprint density at radius 3 is 2.65 bits per heavy atom. The Morgan fingerprint density at radius 2 is 2.00 bits per heavy atom. The van der Waals surface area contributed by atoms with Gasteiger partial charge in [0.15, 0.2) is 0 Å². The summed E-state index contributed by atoms with van der Waals surface area (Å²) in [5.74, 6) is 1.38. The van der Waals surface area contributed by atoms with Crippen molar-refractivity contribution in [3.05, 3.63) is 28.8 Å². The first kappa shape index (κ1) is 18.1. The molecule has 3 N–H and O–H groups in total. The maximum Gasteiger partial charge on any atom is 0.242 e. The van der Waals surface area contributed by atoms with Gasteiger partial charge in [-0.05, 0) is 68.6 Å². The minimum absolute atomic E-state index is 0.0897. The predicted octanol–water partition coefficient (Wildman–Crippen LogP) is 2.51. The van der Waals surface area contributed by atoms with Crippen molar-refractivity contribution in [1.29, 1.82) is 0 Å². The molecule has 1 aliphatic heterocycles. The van der Waals surface area contributed by atoms with Gasteiger partial charge in [-0.2, -0.15) is 0 Å². The predicted molar refractivity (Wildman–Crippen MR) is 100 cm³/mol. The highest BCUT2D eigenvalue weighted by molar-refractivity contribution is 6.32. The quantitative estimate of drug-likeness (QED) is 0.847. The van der Waals surface area contributed by atoms with E-state index in [2.05, 4.69) is 0 Å². The van der Waals surface area contributed by atoms with Gasteiger partial charge in [0.1, 0.15) is 11.9 Å². The number of aliphatic hydroxyl groups is 1. The van der Waals surface area contributed by atoms with Gasteiger partial charge in [0.05, 0.1) is 16.7 Å². The molecule has 4 atom stereocenters. The van der Waals surface area contributed by atoms with Crippen LogP contribution in [0.3, 0.4) is 0 Å². The second-order valence-corrected chi connectivity index (χ2v) is 8.78. The summed E-state index contributed by atoms with van der Waals surface area (Å²) in [4.78, 5) is 14.6. The molecule has 0 bridgehead atoms. The SMILES string of the molecule is Cc1ccc(Cl)c(O[C@@H]2C[C@@H]3CN(C(=O)C4(N)CCC4)C[C@@H]3C[C@H]2O)c1. The van der Waals surface area contributed by atoms with Crippen molar-refractivity contribution in [2.75, 3.05) is 13.1 Å². The summed E-state index contributed by atoms with van der Waals surface area (Å²) in [5.41, 5.74) is 6.65. The fourth-order valence-corrected chi connectivity index (χ4v) is 4.80. The molecule has 2 aliphatic carbocycles. The summed E-state index contributed by atoms with van der Waals surface area (Å²) in [7, 11) is 0. The van der Waals surface area contributed by atoms with Crippen LogP contribution in [-0.2, 0) is 4.79 Å². The minimum Gasteiger partial charge on any atom is -0.486 e. The zero-order valence-corrected chi connectivity index (χ0v) is 15.9. The maximum atomic E-state index is 12.7. The fraction of sp³-hybridized carbons (Fsp3) is 0.650. The molecule has 0 spiro atoms. The van der Waals surface area contributed by atoms with Crippen molar-refractivity contribution >= 4 is 17.5 Å². The number of nitrogens with two attached hydrogens (primary N) is 1. The molecule has 3 fully saturated rings. The van der Waals surface area contributed by atoms with Crippen LogP contribution < -0.4 is 10.5 Å². The maximum absolute atomic E-state index is 12.7. The zero-order chi connectivity index (χ0) is 18.5. The molecule has 5 nitrogen and oxygen atoms in total. The molecule has 2 saturated carbocycles. The van der Waals surface area contributed by atoms with Crippen LogP contribution in [0.4, 0.5) is 0 Å². The lowest BCUT2D eigenvalue weighted by molar-refractivity contribution is -0.139. The number of nitrogens with zero attached hydrogens (tertiary/aromatic N) is 1. The first-order valence-electron chi connectivity index (χ1n) is 9.55. The summed E-state index contributed by atoms with van der Waals surface area (Å²) in [6, 6.07) is 5.66. The molecule has 1 aromatic rings. The highest BCUT2D eigenvalue weighted by atomic mass is 35.5. The summed E-state index contributed by atoms with van der Waals surface area (Å²) >= 11 is 6.24. The van der Waals surface area contributed by atoms with Gasteiger partial charge in [0, 0.05) is 13.1 Å². The molecular weight excluding hydrogens is 352 g/mol. The van der Waals surface area contributed by atoms with Gasteiger partial charge >= 0.3 is 0 Å². The lowest BCUT2D eigenvalue weighted by atomic mass is 9.76. The molecule has 1 amide bonds. The average Bonchev–Trinajstić information content (AvgIpc) is 2.98. The lowest BCUT2D eigenvalue weighted by Gasteiger charge is -2.39. The van der Waals surface area contributed by atoms with E-state index in [4.69, 9.17) is 22.1 Å². The van der Waals surface area contributed by atoms with E-state index in [-0.39, 0.29) is 12.0 Å². The Kier molecular flexibility index (Phi) is 4.66. The van der Waals surface area contributed by atoms with E-state index in [0.717, 1.165) is 37.8 Å². The number of likely N-dealkylation sites (tertiary alicyclic amines) is 1. The molecule has 26 heavy (non-hydrogen) atoms. The molecule has 1 aromatic carbocycles. The summed E-state index contributed by atoms with van der Waals surface area (Å²) in [6.45, 7) is 3.41. The largest absolute Gasteiger partial charge is 0.486 e.